The molecule has 0 fully saturated rings. The summed E-state index contributed by atoms with van der Waals surface area (Å²) in [6.45, 7) is 3.26. The smallest absolute Gasteiger partial charge is 0.0686 e. The molecule has 3 rings (SSSR count). The number of rotatable bonds is 1. The van der Waals surface area contributed by atoms with Crippen LogP contribution in [0.5, 0.6) is 0 Å². The molecule has 0 aliphatic carbocycles. The molecule has 0 saturated carbocycles. The topological polar surface area (TPSA) is 16.1 Å². The summed E-state index contributed by atoms with van der Waals surface area (Å²) in [5.74, 6) is 0.511. The molecule has 1 aromatic heterocycles. The average molecular weight is 210 g/mol. The van der Waals surface area contributed by atoms with E-state index in [9.17, 15) is 0 Å². The van der Waals surface area contributed by atoms with Gasteiger partial charge in [0.1, 0.15) is 0 Å². The number of anilines is 2. The van der Waals surface area contributed by atoms with Gasteiger partial charge in [0.2, 0.25) is 0 Å². The van der Waals surface area contributed by atoms with E-state index in [4.69, 9.17) is 0 Å². The summed E-state index contributed by atoms with van der Waals surface area (Å²) in [6.07, 6.45) is 1.88. The Balaban J connectivity index is 2.07. The molecule has 2 heteroatoms. The summed E-state index contributed by atoms with van der Waals surface area (Å²) in [7, 11) is 0. The van der Waals surface area contributed by atoms with Gasteiger partial charge in [-0.1, -0.05) is 25.1 Å². The van der Waals surface area contributed by atoms with Crippen molar-refractivity contribution in [3.05, 3.63) is 54.4 Å². The minimum Gasteiger partial charge on any atom is -0.339 e. The van der Waals surface area contributed by atoms with Crippen molar-refractivity contribution < 1.29 is 0 Å². The first-order valence-electron chi connectivity index (χ1n) is 5.64. The highest BCUT2D eigenvalue weighted by Gasteiger charge is 2.26. The van der Waals surface area contributed by atoms with Crippen LogP contribution in [0.4, 0.5) is 11.4 Å². The van der Waals surface area contributed by atoms with Gasteiger partial charge in [0.05, 0.1) is 11.4 Å². The van der Waals surface area contributed by atoms with E-state index < -0.39 is 0 Å². The normalized spacial score (nSPS) is 18.6. The van der Waals surface area contributed by atoms with Crippen LogP contribution in [0, 0.1) is 0 Å². The Labute approximate surface area is 95.6 Å². The lowest BCUT2D eigenvalue weighted by Crippen LogP contribution is -2.14. The van der Waals surface area contributed by atoms with Crippen molar-refractivity contribution in [2.75, 3.05) is 11.4 Å². The van der Waals surface area contributed by atoms with Gasteiger partial charge in [0, 0.05) is 24.3 Å². The van der Waals surface area contributed by atoms with Crippen molar-refractivity contribution in [3.63, 3.8) is 0 Å². The van der Waals surface area contributed by atoms with Crippen molar-refractivity contribution in [1.29, 1.82) is 0 Å². The molecule has 1 aliphatic heterocycles. The standard InChI is InChI=1S/C14H14N2/c1-11-10-16(12-6-3-2-4-7-12)13-8-5-9-15-14(11)13/h2-9,11H,10H2,1H3. The molecule has 1 unspecified atom stereocenters. The fourth-order valence-corrected chi connectivity index (χ4v) is 2.33. The lowest BCUT2D eigenvalue weighted by atomic mass is 10.1. The zero-order valence-corrected chi connectivity index (χ0v) is 9.30. The van der Waals surface area contributed by atoms with Gasteiger partial charge in [-0.3, -0.25) is 4.98 Å². The lowest BCUT2D eigenvalue weighted by Gasteiger charge is -2.19. The van der Waals surface area contributed by atoms with Gasteiger partial charge >= 0.3 is 0 Å². The number of fused-ring (bicyclic) bond motifs is 1. The van der Waals surface area contributed by atoms with Crippen LogP contribution in [-0.2, 0) is 0 Å². The predicted molar refractivity (Wildman–Crippen MR) is 66.1 cm³/mol. The van der Waals surface area contributed by atoms with Crippen LogP contribution in [0.3, 0.4) is 0 Å². The molecule has 2 heterocycles. The molecule has 2 aromatic rings. The highest BCUT2D eigenvalue weighted by Crippen LogP contribution is 2.38. The SMILES string of the molecule is CC1CN(c2ccccc2)c2cccnc21. The highest BCUT2D eigenvalue weighted by molar-refractivity contribution is 5.69. The first-order valence-corrected chi connectivity index (χ1v) is 5.64. The second-order valence-corrected chi connectivity index (χ2v) is 4.25. The molecule has 0 bridgehead atoms. The van der Waals surface area contributed by atoms with Crippen molar-refractivity contribution in [1.82, 2.24) is 4.98 Å². The maximum absolute atomic E-state index is 4.47. The molecule has 1 aromatic carbocycles. The number of nitrogens with zero attached hydrogens (tertiary/aromatic N) is 2. The van der Waals surface area contributed by atoms with Crippen LogP contribution in [0.2, 0.25) is 0 Å². The third kappa shape index (κ3) is 1.38. The summed E-state index contributed by atoms with van der Waals surface area (Å²) in [5, 5.41) is 0. The monoisotopic (exact) mass is 210 g/mol. The summed E-state index contributed by atoms with van der Waals surface area (Å²) < 4.78 is 0. The quantitative estimate of drug-likeness (QED) is 0.717. The van der Waals surface area contributed by atoms with E-state index in [-0.39, 0.29) is 0 Å². The molecule has 1 atom stereocenters. The number of hydrogen-bond donors (Lipinski definition) is 0. The Kier molecular flexibility index (Phi) is 2.13. The number of para-hydroxylation sites is 1. The molecule has 16 heavy (non-hydrogen) atoms. The zero-order chi connectivity index (χ0) is 11.0. The molecule has 0 radical (unpaired) electrons. The molecular formula is C14H14N2. The summed E-state index contributed by atoms with van der Waals surface area (Å²) in [4.78, 5) is 6.81. The Hall–Kier alpha value is -1.83. The van der Waals surface area contributed by atoms with Gasteiger partial charge in [-0.05, 0) is 24.3 Å². The number of hydrogen-bond acceptors (Lipinski definition) is 2. The molecule has 0 spiro atoms. The minimum absolute atomic E-state index is 0.511. The van der Waals surface area contributed by atoms with E-state index in [1.807, 2.05) is 18.3 Å². The van der Waals surface area contributed by atoms with Crippen LogP contribution >= 0.6 is 0 Å². The minimum atomic E-state index is 0.511. The van der Waals surface area contributed by atoms with Crippen LogP contribution in [0.1, 0.15) is 18.5 Å². The van der Waals surface area contributed by atoms with Gasteiger partial charge < -0.3 is 4.90 Å². The molecular weight excluding hydrogens is 196 g/mol. The van der Waals surface area contributed by atoms with Gasteiger partial charge in [-0.2, -0.15) is 0 Å². The van der Waals surface area contributed by atoms with Crippen LogP contribution in [0.15, 0.2) is 48.7 Å². The third-order valence-corrected chi connectivity index (χ3v) is 3.10. The lowest BCUT2D eigenvalue weighted by molar-refractivity contribution is 0.791. The predicted octanol–water partition coefficient (Wildman–Crippen LogP) is 3.34. The average Bonchev–Trinajstić information content (AvgIpc) is 2.69. The fourth-order valence-electron chi connectivity index (χ4n) is 2.33. The fraction of sp³-hybridized carbons (Fsp3) is 0.214. The van der Waals surface area contributed by atoms with E-state index in [2.05, 4.69) is 47.1 Å². The van der Waals surface area contributed by atoms with Crippen molar-refractivity contribution >= 4 is 11.4 Å². The number of aromatic nitrogens is 1. The number of pyridine rings is 1. The van der Waals surface area contributed by atoms with Crippen molar-refractivity contribution in [3.8, 4) is 0 Å². The molecule has 80 valence electrons. The first kappa shape index (κ1) is 9.40. The van der Waals surface area contributed by atoms with E-state index >= 15 is 0 Å². The molecule has 2 nitrogen and oxygen atoms in total. The van der Waals surface area contributed by atoms with E-state index in [0.29, 0.717) is 5.92 Å². The maximum atomic E-state index is 4.47. The van der Waals surface area contributed by atoms with E-state index in [0.717, 1.165) is 6.54 Å². The Morgan fingerprint density at radius 3 is 2.75 bits per heavy atom. The molecule has 0 amide bonds. The Morgan fingerprint density at radius 1 is 1.12 bits per heavy atom. The zero-order valence-electron chi connectivity index (χ0n) is 9.30. The largest absolute Gasteiger partial charge is 0.339 e. The second kappa shape index (κ2) is 3.63. The van der Waals surface area contributed by atoms with Gasteiger partial charge in [-0.25, -0.2) is 0 Å². The van der Waals surface area contributed by atoms with Crippen molar-refractivity contribution in [2.45, 2.75) is 12.8 Å². The summed E-state index contributed by atoms with van der Waals surface area (Å²) in [6, 6.07) is 14.7. The van der Waals surface area contributed by atoms with Crippen LogP contribution in [-0.4, -0.2) is 11.5 Å². The summed E-state index contributed by atoms with van der Waals surface area (Å²) >= 11 is 0. The molecule has 0 saturated heterocycles. The van der Waals surface area contributed by atoms with Crippen LogP contribution < -0.4 is 4.90 Å². The molecule has 0 N–H and O–H groups in total. The van der Waals surface area contributed by atoms with Gasteiger partial charge in [0.15, 0.2) is 0 Å². The van der Waals surface area contributed by atoms with E-state index in [1.54, 1.807) is 0 Å². The van der Waals surface area contributed by atoms with E-state index in [1.165, 1.54) is 17.1 Å². The van der Waals surface area contributed by atoms with Crippen LogP contribution in [0.25, 0.3) is 0 Å². The van der Waals surface area contributed by atoms with Crippen molar-refractivity contribution in [2.24, 2.45) is 0 Å². The van der Waals surface area contributed by atoms with Gasteiger partial charge in [-0.15, -0.1) is 0 Å². The molecule has 1 aliphatic rings. The number of benzene rings is 1. The maximum Gasteiger partial charge on any atom is 0.0686 e. The first-order chi connectivity index (χ1) is 7.86. The second-order valence-electron chi connectivity index (χ2n) is 4.25. The summed E-state index contributed by atoms with van der Waals surface area (Å²) in [5.41, 5.74) is 3.72. The third-order valence-electron chi connectivity index (χ3n) is 3.10. The Bertz CT molecular complexity index is 493. The van der Waals surface area contributed by atoms with Gasteiger partial charge in [0.25, 0.3) is 0 Å². The highest BCUT2D eigenvalue weighted by atomic mass is 15.2. The Morgan fingerprint density at radius 2 is 1.94 bits per heavy atom.